The Morgan fingerprint density at radius 2 is 1.62 bits per heavy atom. The highest BCUT2D eigenvalue weighted by Crippen LogP contribution is 2.19. The molecule has 0 aliphatic heterocycles. The second-order valence-electron chi connectivity index (χ2n) is 4.66. The fraction of sp³-hybridized carbons (Fsp3) is 0.118. The molecule has 0 aliphatic rings. The normalized spacial score (nSPS) is 10.5. The van der Waals surface area contributed by atoms with Crippen LogP contribution in [0.2, 0.25) is 0 Å². The molecular formula is C17H16N2OS. The third kappa shape index (κ3) is 3.23. The Labute approximate surface area is 128 Å². The van der Waals surface area contributed by atoms with Gasteiger partial charge in [0.15, 0.2) is 4.77 Å². The van der Waals surface area contributed by atoms with Gasteiger partial charge >= 0.3 is 0 Å². The van der Waals surface area contributed by atoms with E-state index in [1.165, 1.54) is 0 Å². The largest absolute Gasteiger partial charge is 0.492 e. The summed E-state index contributed by atoms with van der Waals surface area (Å²) >= 11 is 5.35. The lowest BCUT2D eigenvalue weighted by Gasteiger charge is -2.10. The van der Waals surface area contributed by atoms with Crippen molar-refractivity contribution in [2.75, 3.05) is 6.61 Å². The van der Waals surface area contributed by atoms with Gasteiger partial charge in [-0.05, 0) is 29.9 Å². The van der Waals surface area contributed by atoms with Gasteiger partial charge in [-0.2, -0.15) is 0 Å². The number of ether oxygens (including phenoxy) is 1. The number of benzene rings is 2. The van der Waals surface area contributed by atoms with Crippen LogP contribution in [0.5, 0.6) is 5.75 Å². The van der Waals surface area contributed by atoms with E-state index in [2.05, 4.69) is 21.7 Å². The number of rotatable bonds is 5. The Hall–Kier alpha value is -2.33. The van der Waals surface area contributed by atoms with Gasteiger partial charge in [0, 0.05) is 6.20 Å². The maximum atomic E-state index is 5.74. The van der Waals surface area contributed by atoms with Crippen LogP contribution in [0.25, 0.3) is 11.3 Å². The third-order valence-corrected chi connectivity index (χ3v) is 3.60. The average Bonchev–Trinajstić information content (AvgIpc) is 2.91. The summed E-state index contributed by atoms with van der Waals surface area (Å²) in [6.07, 6.45) is 1.94. The number of H-pyrrole nitrogens is 1. The molecule has 106 valence electrons. The van der Waals surface area contributed by atoms with Crippen molar-refractivity contribution >= 4 is 12.2 Å². The number of para-hydroxylation sites is 1. The molecule has 3 aromatic rings. The lowest BCUT2D eigenvalue weighted by molar-refractivity contribution is 0.298. The van der Waals surface area contributed by atoms with E-state index < -0.39 is 0 Å². The van der Waals surface area contributed by atoms with Gasteiger partial charge in [0.25, 0.3) is 0 Å². The van der Waals surface area contributed by atoms with Crippen molar-refractivity contribution < 1.29 is 4.74 Å². The molecule has 3 rings (SSSR count). The first kappa shape index (κ1) is 13.6. The predicted octanol–water partition coefficient (Wildman–Crippen LogP) is 4.29. The third-order valence-electron chi connectivity index (χ3n) is 3.26. The van der Waals surface area contributed by atoms with Gasteiger partial charge in [0.05, 0.1) is 12.2 Å². The fourth-order valence-corrected chi connectivity index (χ4v) is 2.49. The number of hydrogen-bond acceptors (Lipinski definition) is 2. The fourth-order valence-electron chi connectivity index (χ4n) is 2.24. The van der Waals surface area contributed by atoms with E-state index in [-0.39, 0.29) is 0 Å². The second-order valence-corrected chi connectivity index (χ2v) is 5.04. The van der Waals surface area contributed by atoms with E-state index in [0.717, 1.165) is 17.0 Å². The van der Waals surface area contributed by atoms with Crippen LogP contribution in [0.3, 0.4) is 0 Å². The Balaban J connectivity index is 1.74. The van der Waals surface area contributed by atoms with E-state index in [4.69, 9.17) is 17.0 Å². The van der Waals surface area contributed by atoms with Crippen LogP contribution in [0.15, 0.2) is 66.9 Å². The minimum absolute atomic E-state index is 0.579. The zero-order chi connectivity index (χ0) is 14.5. The van der Waals surface area contributed by atoms with Crippen molar-refractivity contribution in [3.8, 4) is 17.0 Å². The van der Waals surface area contributed by atoms with Crippen LogP contribution < -0.4 is 4.74 Å². The summed E-state index contributed by atoms with van der Waals surface area (Å²) in [5, 5.41) is 0. The van der Waals surface area contributed by atoms with Gasteiger partial charge in [-0.15, -0.1) is 0 Å². The molecule has 0 atom stereocenters. The molecule has 0 fully saturated rings. The lowest BCUT2D eigenvalue weighted by atomic mass is 10.2. The zero-order valence-electron chi connectivity index (χ0n) is 11.5. The van der Waals surface area contributed by atoms with Crippen molar-refractivity contribution in [3.05, 3.63) is 71.6 Å². The minimum atomic E-state index is 0.579. The quantitative estimate of drug-likeness (QED) is 0.712. The van der Waals surface area contributed by atoms with Gasteiger partial charge in [0.1, 0.15) is 12.4 Å². The topological polar surface area (TPSA) is 29.9 Å². The SMILES string of the molecule is S=c1[nH]cc(-c2ccccc2)n1CCOc1ccccc1. The summed E-state index contributed by atoms with van der Waals surface area (Å²) in [6.45, 7) is 1.29. The summed E-state index contributed by atoms with van der Waals surface area (Å²) in [5.41, 5.74) is 2.22. The van der Waals surface area contributed by atoms with Crippen LogP contribution >= 0.6 is 12.2 Å². The van der Waals surface area contributed by atoms with Crippen LogP contribution in [-0.2, 0) is 6.54 Å². The monoisotopic (exact) mass is 296 g/mol. The molecular weight excluding hydrogens is 280 g/mol. The van der Waals surface area contributed by atoms with Crippen LogP contribution in [0.4, 0.5) is 0 Å². The van der Waals surface area contributed by atoms with Gasteiger partial charge in [-0.1, -0.05) is 48.5 Å². The Kier molecular flexibility index (Phi) is 4.17. The van der Waals surface area contributed by atoms with Crippen molar-refractivity contribution in [3.63, 3.8) is 0 Å². The van der Waals surface area contributed by atoms with E-state index in [1.807, 2.05) is 54.7 Å². The van der Waals surface area contributed by atoms with Crippen LogP contribution in [0, 0.1) is 4.77 Å². The number of nitrogens with zero attached hydrogens (tertiary/aromatic N) is 1. The smallest absolute Gasteiger partial charge is 0.177 e. The van der Waals surface area contributed by atoms with E-state index >= 15 is 0 Å². The van der Waals surface area contributed by atoms with E-state index in [9.17, 15) is 0 Å². The molecule has 4 heteroatoms. The molecule has 3 nitrogen and oxygen atoms in total. The molecule has 0 bridgehead atoms. The Bertz CT molecular complexity index is 747. The molecule has 2 aromatic carbocycles. The highest BCUT2D eigenvalue weighted by atomic mass is 32.1. The first-order valence-electron chi connectivity index (χ1n) is 6.86. The maximum Gasteiger partial charge on any atom is 0.177 e. The van der Waals surface area contributed by atoms with Crippen molar-refractivity contribution in [2.24, 2.45) is 0 Å². The highest BCUT2D eigenvalue weighted by molar-refractivity contribution is 7.71. The van der Waals surface area contributed by atoms with E-state index in [1.54, 1.807) is 0 Å². The average molecular weight is 296 g/mol. The van der Waals surface area contributed by atoms with Gasteiger partial charge in [-0.3, -0.25) is 0 Å². The Morgan fingerprint density at radius 3 is 2.33 bits per heavy atom. The van der Waals surface area contributed by atoms with Crippen LogP contribution in [-0.4, -0.2) is 16.2 Å². The standard InChI is InChI=1S/C17H16N2OS/c21-17-18-13-16(14-7-3-1-4-8-14)19(17)11-12-20-15-9-5-2-6-10-15/h1-10,13H,11-12H2,(H,18,21). The van der Waals surface area contributed by atoms with Gasteiger partial charge < -0.3 is 14.3 Å². The second kappa shape index (κ2) is 6.41. The molecule has 0 amide bonds. The molecule has 21 heavy (non-hydrogen) atoms. The summed E-state index contributed by atoms with van der Waals surface area (Å²) in [4.78, 5) is 3.11. The number of aromatic amines is 1. The minimum Gasteiger partial charge on any atom is -0.492 e. The number of imidazole rings is 1. The van der Waals surface area contributed by atoms with Crippen molar-refractivity contribution in [1.82, 2.24) is 9.55 Å². The number of hydrogen-bond donors (Lipinski definition) is 1. The Morgan fingerprint density at radius 1 is 0.952 bits per heavy atom. The molecule has 1 aromatic heterocycles. The first-order valence-corrected chi connectivity index (χ1v) is 7.27. The summed E-state index contributed by atoms with van der Waals surface area (Å²) in [7, 11) is 0. The molecule has 0 aliphatic carbocycles. The molecule has 0 radical (unpaired) electrons. The van der Waals surface area contributed by atoms with Crippen molar-refractivity contribution in [1.29, 1.82) is 0 Å². The summed E-state index contributed by atoms with van der Waals surface area (Å²) in [5.74, 6) is 0.876. The highest BCUT2D eigenvalue weighted by Gasteiger charge is 2.06. The van der Waals surface area contributed by atoms with Gasteiger partial charge in [-0.25, -0.2) is 0 Å². The maximum absolute atomic E-state index is 5.74. The lowest BCUT2D eigenvalue weighted by Crippen LogP contribution is -2.09. The molecule has 0 spiro atoms. The first-order chi connectivity index (χ1) is 10.3. The molecule has 1 heterocycles. The van der Waals surface area contributed by atoms with Crippen LogP contribution in [0.1, 0.15) is 0 Å². The summed E-state index contributed by atoms with van der Waals surface area (Å²) in [6, 6.07) is 20.0. The molecule has 1 N–H and O–H groups in total. The summed E-state index contributed by atoms with van der Waals surface area (Å²) < 4.78 is 8.52. The van der Waals surface area contributed by atoms with Crippen molar-refractivity contribution in [2.45, 2.75) is 6.54 Å². The molecule has 0 saturated carbocycles. The molecule has 0 unspecified atom stereocenters. The van der Waals surface area contributed by atoms with E-state index in [0.29, 0.717) is 17.9 Å². The predicted molar refractivity (Wildman–Crippen MR) is 87.0 cm³/mol. The van der Waals surface area contributed by atoms with Gasteiger partial charge in [0.2, 0.25) is 0 Å². The zero-order valence-corrected chi connectivity index (χ0v) is 12.3. The molecule has 0 saturated heterocycles. The number of aromatic nitrogens is 2. The number of nitrogens with one attached hydrogen (secondary N) is 1.